The zero-order chi connectivity index (χ0) is 13.0. The molecule has 104 valence electrons. The molecule has 4 fully saturated rings. The second kappa shape index (κ2) is 4.08. The fourth-order valence-corrected chi connectivity index (χ4v) is 5.50. The Kier molecular flexibility index (Phi) is 2.57. The first-order valence-corrected chi connectivity index (χ1v) is 7.91. The molecule has 4 bridgehead atoms. The smallest absolute Gasteiger partial charge is 0.0557 e. The molecule has 0 radical (unpaired) electrons. The average molecular weight is 259 g/mol. The second-order valence-corrected chi connectivity index (χ2v) is 7.63. The molecule has 0 aromatic carbocycles. The molecule has 0 amide bonds. The fourth-order valence-electron chi connectivity index (χ4n) is 5.50. The number of nitrogens with zero attached hydrogens (tertiary/aromatic N) is 2. The van der Waals surface area contributed by atoms with Crippen LogP contribution in [0, 0.1) is 17.8 Å². The lowest BCUT2D eigenvalue weighted by Crippen LogP contribution is -2.48. The van der Waals surface area contributed by atoms with Gasteiger partial charge in [-0.05, 0) is 74.2 Å². The Labute approximate surface area is 115 Å². The van der Waals surface area contributed by atoms with Gasteiger partial charge in [-0.25, -0.2) is 0 Å². The Morgan fingerprint density at radius 1 is 1.26 bits per heavy atom. The lowest BCUT2D eigenvalue weighted by Gasteiger charge is -2.56. The molecule has 0 aliphatic heterocycles. The molecular formula is C16H25N3. The molecule has 2 N–H and O–H groups in total. The van der Waals surface area contributed by atoms with Crippen molar-refractivity contribution in [2.45, 2.75) is 63.5 Å². The van der Waals surface area contributed by atoms with Crippen LogP contribution in [0.4, 0.5) is 0 Å². The minimum absolute atomic E-state index is 0.184. The minimum Gasteiger partial charge on any atom is -0.326 e. The van der Waals surface area contributed by atoms with Crippen LogP contribution in [0.2, 0.25) is 0 Å². The molecule has 1 aromatic rings. The standard InChI is InChI=1S/C16H25N3/c1-11(17)9-19-10-15(8-18-19)16-5-12-2-13(6-16)4-14(3-12)7-16/h8,10-14H,2-7,9,17H2,1H3. The van der Waals surface area contributed by atoms with Crippen LogP contribution in [-0.4, -0.2) is 15.8 Å². The van der Waals surface area contributed by atoms with Crippen molar-refractivity contribution in [2.75, 3.05) is 0 Å². The van der Waals surface area contributed by atoms with E-state index in [1.165, 1.54) is 44.1 Å². The largest absolute Gasteiger partial charge is 0.326 e. The Balaban J connectivity index is 1.62. The van der Waals surface area contributed by atoms with Gasteiger partial charge in [0.15, 0.2) is 0 Å². The van der Waals surface area contributed by atoms with E-state index in [2.05, 4.69) is 22.2 Å². The molecule has 0 spiro atoms. The van der Waals surface area contributed by atoms with E-state index in [1.807, 2.05) is 6.92 Å². The van der Waals surface area contributed by atoms with Crippen molar-refractivity contribution in [1.29, 1.82) is 0 Å². The lowest BCUT2D eigenvalue weighted by atomic mass is 9.48. The topological polar surface area (TPSA) is 43.8 Å². The molecule has 3 nitrogen and oxygen atoms in total. The third-order valence-electron chi connectivity index (χ3n) is 5.76. The summed E-state index contributed by atoms with van der Waals surface area (Å²) < 4.78 is 2.05. The first-order chi connectivity index (χ1) is 9.13. The van der Waals surface area contributed by atoms with Gasteiger partial charge >= 0.3 is 0 Å². The highest BCUT2D eigenvalue weighted by Crippen LogP contribution is 2.60. The van der Waals surface area contributed by atoms with E-state index in [4.69, 9.17) is 5.73 Å². The van der Waals surface area contributed by atoms with Gasteiger partial charge in [-0.3, -0.25) is 4.68 Å². The fraction of sp³-hybridized carbons (Fsp3) is 0.812. The van der Waals surface area contributed by atoms with E-state index >= 15 is 0 Å². The van der Waals surface area contributed by atoms with Gasteiger partial charge in [0.1, 0.15) is 0 Å². The van der Waals surface area contributed by atoms with Gasteiger partial charge in [-0.15, -0.1) is 0 Å². The molecule has 3 heteroatoms. The van der Waals surface area contributed by atoms with Crippen LogP contribution in [0.15, 0.2) is 12.4 Å². The SMILES string of the molecule is CC(N)Cn1cc(C23CC4CC(CC(C4)C2)C3)cn1. The molecule has 1 heterocycles. The maximum absolute atomic E-state index is 5.88. The zero-order valence-corrected chi connectivity index (χ0v) is 11.9. The van der Waals surface area contributed by atoms with Crippen LogP contribution < -0.4 is 5.73 Å². The van der Waals surface area contributed by atoms with E-state index in [1.54, 1.807) is 0 Å². The Morgan fingerprint density at radius 2 is 1.84 bits per heavy atom. The third-order valence-corrected chi connectivity index (χ3v) is 5.76. The second-order valence-electron chi connectivity index (χ2n) is 7.63. The average Bonchev–Trinajstić information content (AvgIpc) is 2.75. The van der Waals surface area contributed by atoms with Gasteiger partial charge in [0.25, 0.3) is 0 Å². The van der Waals surface area contributed by atoms with Gasteiger partial charge in [-0.2, -0.15) is 5.10 Å². The first-order valence-electron chi connectivity index (χ1n) is 7.91. The van der Waals surface area contributed by atoms with Crippen LogP contribution in [0.1, 0.15) is 51.0 Å². The van der Waals surface area contributed by atoms with Crippen molar-refractivity contribution in [3.05, 3.63) is 18.0 Å². The number of nitrogens with two attached hydrogens (primary N) is 1. The van der Waals surface area contributed by atoms with E-state index in [0.29, 0.717) is 5.41 Å². The van der Waals surface area contributed by atoms with Gasteiger partial charge in [0.05, 0.1) is 12.7 Å². The molecular weight excluding hydrogens is 234 g/mol. The maximum Gasteiger partial charge on any atom is 0.0557 e. The summed E-state index contributed by atoms with van der Waals surface area (Å²) in [6.07, 6.45) is 13.2. The molecule has 4 aliphatic carbocycles. The van der Waals surface area contributed by atoms with Crippen molar-refractivity contribution < 1.29 is 0 Å². The monoisotopic (exact) mass is 259 g/mol. The van der Waals surface area contributed by atoms with Crippen molar-refractivity contribution in [3.63, 3.8) is 0 Å². The summed E-state index contributed by atoms with van der Waals surface area (Å²) in [5.74, 6) is 3.01. The Hall–Kier alpha value is -0.830. The summed E-state index contributed by atoms with van der Waals surface area (Å²) in [5.41, 5.74) is 7.86. The number of hydrogen-bond donors (Lipinski definition) is 1. The zero-order valence-electron chi connectivity index (χ0n) is 11.9. The van der Waals surface area contributed by atoms with Gasteiger partial charge in [0, 0.05) is 12.2 Å². The maximum atomic E-state index is 5.88. The molecule has 19 heavy (non-hydrogen) atoms. The molecule has 4 aliphatic rings. The predicted molar refractivity (Wildman–Crippen MR) is 75.7 cm³/mol. The molecule has 4 saturated carbocycles. The normalized spacial score (nSPS) is 41.7. The van der Waals surface area contributed by atoms with Crippen molar-refractivity contribution >= 4 is 0 Å². The van der Waals surface area contributed by atoms with E-state index in [-0.39, 0.29) is 6.04 Å². The summed E-state index contributed by atoms with van der Waals surface area (Å²) >= 11 is 0. The van der Waals surface area contributed by atoms with E-state index < -0.39 is 0 Å². The summed E-state index contributed by atoms with van der Waals surface area (Å²) in [7, 11) is 0. The van der Waals surface area contributed by atoms with Crippen molar-refractivity contribution in [2.24, 2.45) is 23.5 Å². The van der Waals surface area contributed by atoms with E-state index in [0.717, 1.165) is 24.3 Å². The highest BCUT2D eigenvalue weighted by Gasteiger charge is 2.51. The Bertz CT molecular complexity index is 439. The molecule has 1 unspecified atom stereocenters. The van der Waals surface area contributed by atoms with Crippen molar-refractivity contribution in [1.82, 2.24) is 9.78 Å². The number of hydrogen-bond acceptors (Lipinski definition) is 2. The first kappa shape index (κ1) is 12.0. The van der Waals surface area contributed by atoms with Crippen LogP contribution in [0.3, 0.4) is 0 Å². The molecule has 0 saturated heterocycles. The van der Waals surface area contributed by atoms with Crippen molar-refractivity contribution in [3.8, 4) is 0 Å². The summed E-state index contributed by atoms with van der Waals surface area (Å²) in [6.45, 7) is 2.89. The quantitative estimate of drug-likeness (QED) is 0.907. The lowest BCUT2D eigenvalue weighted by molar-refractivity contribution is -0.00523. The highest BCUT2D eigenvalue weighted by atomic mass is 15.3. The predicted octanol–water partition coefficient (Wildman–Crippen LogP) is 2.70. The van der Waals surface area contributed by atoms with Gasteiger partial charge < -0.3 is 5.73 Å². The summed E-state index contributed by atoms with van der Waals surface area (Å²) in [4.78, 5) is 0. The molecule has 5 rings (SSSR count). The molecule has 1 atom stereocenters. The molecule has 1 aromatic heterocycles. The van der Waals surface area contributed by atoms with E-state index in [9.17, 15) is 0 Å². The highest BCUT2D eigenvalue weighted by molar-refractivity contribution is 5.25. The summed E-state index contributed by atoms with van der Waals surface area (Å²) in [5, 5.41) is 4.55. The third kappa shape index (κ3) is 1.94. The van der Waals surface area contributed by atoms with Crippen LogP contribution in [0.5, 0.6) is 0 Å². The summed E-state index contributed by atoms with van der Waals surface area (Å²) in [6, 6.07) is 0.184. The Morgan fingerprint density at radius 3 is 2.37 bits per heavy atom. The van der Waals surface area contributed by atoms with Gasteiger partial charge in [0.2, 0.25) is 0 Å². The minimum atomic E-state index is 0.184. The van der Waals surface area contributed by atoms with Crippen LogP contribution >= 0.6 is 0 Å². The number of rotatable bonds is 3. The van der Waals surface area contributed by atoms with Gasteiger partial charge in [-0.1, -0.05) is 0 Å². The van der Waals surface area contributed by atoms with Crippen LogP contribution in [0.25, 0.3) is 0 Å². The number of aromatic nitrogens is 2. The van der Waals surface area contributed by atoms with Crippen LogP contribution in [-0.2, 0) is 12.0 Å².